The number of phosphoric acid groups is 1. The molecule has 2 atom stereocenters. The van der Waals surface area contributed by atoms with E-state index in [1.807, 2.05) is 0 Å². The Bertz CT molecular complexity index is 1980. The predicted octanol–water partition coefficient (Wildman–Crippen LogP) is 27.0. The smallest absolute Gasteiger partial charge is 0.462 e. The maximum atomic E-state index is 12.8. The van der Waals surface area contributed by atoms with Crippen LogP contribution in [0.15, 0.2) is 122 Å². The molecule has 0 aliphatic carbocycles. The first-order valence-electron chi connectivity index (χ1n) is 40.0. The Morgan fingerprint density at radius 2 is 0.579 bits per heavy atom. The molecule has 0 aliphatic rings. The summed E-state index contributed by atoms with van der Waals surface area (Å²) < 4.78 is 33.3. The van der Waals surface area contributed by atoms with Crippen molar-refractivity contribution in [3.05, 3.63) is 122 Å². The molecular weight excluding hydrogens is 1190 g/mol. The molecule has 0 bridgehead atoms. The van der Waals surface area contributed by atoms with Gasteiger partial charge in [-0.1, -0.05) is 373 Å². The van der Waals surface area contributed by atoms with Crippen LogP contribution in [0.25, 0.3) is 0 Å². The lowest BCUT2D eigenvalue weighted by Crippen LogP contribution is -2.29. The van der Waals surface area contributed by atoms with Crippen LogP contribution < -0.4 is 5.73 Å². The molecule has 10 heteroatoms. The first kappa shape index (κ1) is 91.4. The van der Waals surface area contributed by atoms with Crippen LogP contribution >= 0.6 is 7.82 Å². The van der Waals surface area contributed by atoms with Crippen LogP contribution in [-0.2, 0) is 32.7 Å². The van der Waals surface area contributed by atoms with Crippen molar-refractivity contribution >= 4 is 19.8 Å². The number of esters is 2. The Morgan fingerprint density at radius 1 is 0.326 bits per heavy atom. The fourth-order valence-corrected chi connectivity index (χ4v) is 12.2. The lowest BCUT2D eigenvalue weighted by atomic mass is 10.0. The van der Waals surface area contributed by atoms with E-state index in [1.54, 1.807) is 0 Å². The minimum atomic E-state index is -4.40. The van der Waals surface area contributed by atoms with Crippen LogP contribution in [0, 0.1) is 0 Å². The zero-order valence-corrected chi connectivity index (χ0v) is 62.8. The van der Waals surface area contributed by atoms with Gasteiger partial charge in [0.1, 0.15) is 6.61 Å². The van der Waals surface area contributed by atoms with Crippen LogP contribution in [0.2, 0.25) is 0 Å². The lowest BCUT2D eigenvalue weighted by molar-refractivity contribution is -0.161. The third-order valence-corrected chi connectivity index (χ3v) is 18.3. The summed E-state index contributed by atoms with van der Waals surface area (Å²) in [4.78, 5) is 35.5. The minimum absolute atomic E-state index is 0.0517. The number of carbonyl (C=O) groups is 2. The molecule has 0 heterocycles. The molecule has 95 heavy (non-hydrogen) atoms. The Hall–Kier alpha value is -3.59. The molecule has 548 valence electrons. The number of unbranched alkanes of at least 4 members (excludes halogenated alkanes) is 42. The van der Waals surface area contributed by atoms with Crippen LogP contribution in [0.5, 0.6) is 0 Å². The molecule has 0 aliphatic heterocycles. The van der Waals surface area contributed by atoms with Crippen LogP contribution in [0.4, 0.5) is 0 Å². The lowest BCUT2D eigenvalue weighted by Gasteiger charge is -2.19. The second kappa shape index (κ2) is 79.4. The highest BCUT2D eigenvalue weighted by molar-refractivity contribution is 7.47. The Balaban J connectivity index is 3.82. The van der Waals surface area contributed by atoms with Gasteiger partial charge in [-0.15, -0.1) is 0 Å². The van der Waals surface area contributed by atoms with E-state index >= 15 is 0 Å². The van der Waals surface area contributed by atoms with Crippen molar-refractivity contribution in [2.75, 3.05) is 26.4 Å². The fraction of sp³-hybridized carbons (Fsp3) is 0.741. The van der Waals surface area contributed by atoms with Crippen molar-refractivity contribution in [2.45, 2.75) is 380 Å². The van der Waals surface area contributed by atoms with E-state index < -0.39 is 26.5 Å². The summed E-state index contributed by atoms with van der Waals surface area (Å²) in [6.45, 7) is 3.67. The monoisotopic (exact) mass is 1340 g/mol. The molecule has 0 radical (unpaired) electrons. The second-order valence-corrected chi connectivity index (χ2v) is 28.0. The minimum Gasteiger partial charge on any atom is -0.462 e. The van der Waals surface area contributed by atoms with Gasteiger partial charge < -0.3 is 20.1 Å². The van der Waals surface area contributed by atoms with E-state index in [1.165, 1.54) is 244 Å². The summed E-state index contributed by atoms with van der Waals surface area (Å²) in [5.41, 5.74) is 5.42. The normalized spacial score (nSPS) is 13.5. The third kappa shape index (κ3) is 79.3. The molecular formula is C85H150NO8P. The van der Waals surface area contributed by atoms with Crippen LogP contribution in [0.3, 0.4) is 0 Å². The van der Waals surface area contributed by atoms with Gasteiger partial charge in [0, 0.05) is 19.4 Å². The molecule has 0 saturated heterocycles. The van der Waals surface area contributed by atoms with E-state index in [9.17, 15) is 19.0 Å². The average molecular weight is 1350 g/mol. The molecule has 0 amide bonds. The molecule has 0 rings (SSSR count). The first-order valence-corrected chi connectivity index (χ1v) is 41.5. The summed E-state index contributed by atoms with van der Waals surface area (Å²) in [6, 6.07) is 0. The summed E-state index contributed by atoms with van der Waals surface area (Å²) in [5.74, 6) is -0.814. The maximum absolute atomic E-state index is 12.8. The van der Waals surface area contributed by atoms with E-state index in [4.69, 9.17) is 24.3 Å². The molecule has 0 fully saturated rings. The van der Waals surface area contributed by atoms with Gasteiger partial charge in [0.05, 0.1) is 13.2 Å². The number of carbonyl (C=O) groups excluding carboxylic acids is 2. The van der Waals surface area contributed by atoms with Gasteiger partial charge in [-0.3, -0.25) is 18.6 Å². The predicted molar refractivity (Wildman–Crippen MR) is 413 cm³/mol. The average Bonchev–Trinajstić information content (AvgIpc) is 2.75. The van der Waals surface area contributed by atoms with E-state index in [2.05, 4.69) is 135 Å². The molecule has 0 aromatic carbocycles. The molecule has 2 unspecified atom stereocenters. The third-order valence-electron chi connectivity index (χ3n) is 17.3. The van der Waals surface area contributed by atoms with Gasteiger partial charge in [0.2, 0.25) is 0 Å². The first-order chi connectivity index (χ1) is 46.8. The summed E-state index contributed by atoms with van der Waals surface area (Å²) >= 11 is 0. The van der Waals surface area contributed by atoms with Gasteiger partial charge >= 0.3 is 19.8 Å². The molecule has 9 nitrogen and oxygen atoms in total. The number of nitrogens with two attached hydrogens (primary N) is 1. The maximum Gasteiger partial charge on any atom is 0.472 e. The summed E-state index contributed by atoms with van der Waals surface area (Å²) in [5, 5.41) is 0. The summed E-state index contributed by atoms with van der Waals surface area (Å²) in [7, 11) is -4.40. The Morgan fingerprint density at radius 3 is 0.863 bits per heavy atom. The molecule has 0 aromatic rings. The number of rotatable bonds is 75. The topological polar surface area (TPSA) is 134 Å². The van der Waals surface area contributed by atoms with Gasteiger partial charge in [-0.2, -0.15) is 0 Å². The van der Waals surface area contributed by atoms with Crippen molar-refractivity contribution in [3.8, 4) is 0 Å². The highest BCUT2D eigenvalue weighted by atomic mass is 31.2. The standard InChI is InChI=1S/C85H150NO8P/c1-3-5-7-9-11-13-15-17-19-21-23-25-27-29-31-33-35-37-38-39-40-41-42-43-44-46-48-50-52-54-56-58-60-62-64-66-68-70-72-74-76-78-85(88)94-83(82-93-95(89,90)92-80-79-86)81-91-84(87)77-75-73-71-69-67-65-63-61-59-57-55-53-51-49-47-45-36-34-32-30-28-26-24-22-20-18-16-14-12-10-8-6-4-2/h5,7,11,13,16-19,22-25,29,31,35,37,39-40,42-43,83H,3-4,6,8-10,12,14-15,20-21,26-28,30,32-34,36,38,41,44-82,86H2,1-2H3,(H,89,90)/b7-5-,13-11-,18-16-,19-17-,24-22-,25-23-,31-29-,37-35-,40-39-,43-42-. The van der Waals surface area contributed by atoms with Crippen molar-refractivity contribution in [1.29, 1.82) is 0 Å². The summed E-state index contributed by atoms with van der Waals surface area (Å²) in [6.07, 6.45) is 112. The van der Waals surface area contributed by atoms with Crippen molar-refractivity contribution in [2.24, 2.45) is 5.73 Å². The van der Waals surface area contributed by atoms with Crippen molar-refractivity contribution < 1.29 is 37.6 Å². The van der Waals surface area contributed by atoms with Crippen molar-refractivity contribution in [3.63, 3.8) is 0 Å². The SMILES string of the molecule is CC/C=C\C/C=C\C/C=C\C/C=C\C/C=C\C/C=C\C/C=C\C/C=C\CCCCCCCCCCCCCCCCCCC(=O)OC(COC(=O)CCCCCCCCCCCCCCCCCCCCCCC/C=C\C/C=C\CCCCCCC)COP(=O)(O)OCCN. The van der Waals surface area contributed by atoms with E-state index in [0.29, 0.717) is 6.42 Å². The van der Waals surface area contributed by atoms with Gasteiger partial charge in [0.25, 0.3) is 0 Å². The molecule has 3 N–H and O–H groups in total. The number of allylic oxidation sites excluding steroid dienone is 20. The molecule has 0 aromatic heterocycles. The largest absolute Gasteiger partial charge is 0.472 e. The zero-order chi connectivity index (χ0) is 68.6. The van der Waals surface area contributed by atoms with Crippen LogP contribution in [0.1, 0.15) is 373 Å². The van der Waals surface area contributed by atoms with Gasteiger partial charge in [-0.25, -0.2) is 4.57 Å². The number of hydrogen-bond donors (Lipinski definition) is 2. The Labute approximate surface area is 587 Å². The van der Waals surface area contributed by atoms with Gasteiger partial charge in [-0.05, 0) is 109 Å². The van der Waals surface area contributed by atoms with Crippen LogP contribution in [-0.4, -0.2) is 49.3 Å². The Kier molecular flexibility index (Phi) is 76.4. The fourth-order valence-electron chi connectivity index (χ4n) is 11.5. The zero-order valence-electron chi connectivity index (χ0n) is 61.9. The molecule has 0 spiro atoms. The highest BCUT2D eigenvalue weighted by Gasteiger charge is 2.26. The number of hydrogen-bond acceptors (Lipinski definition) is 8. The highest BCUT2D eigenvalue weighted by Crippen LogP contribution is 2.43. The van der Waals surface area contributed by atoms with E-state index in [-0.39, 0.29) is 38.6 Å². The van der Waals surface area contributed by atoms with Gasteiger partial charge in [0.15, 0.2) is 6.10 Å². The van der Waals surface area contributed by atoms with Crippen molar-refractivity contribution in [1.82, 2.24) is 0 Å². The number of ether oxygens (including phenoxy) is 2. The number of phosphoric ester groups is 1. The quantitative estimate of drug-likeness (QED) is 0.0264. The van der Waals surface area contributed by atoms with E-state index in [0.717, 1.165) is 96.3 Å². The molecule has 0 saturated carbocycles. The second-order valence-electron chi connectivity index (χ2n) is 26.6.